The van der Waals surface area contributed by atoms with Gasteiger partial charge >= 0.3 is 23.7 Å². The molecule has 0 atom stereocenters. The maximum atomic E-state index is 13.3. The second kappa shape index (κ2) is 11.4. The van der Waals surface area contributed by atoms with Gasteiger partial charge in [0.05, 0.1) is 22.5 Å². The Balaban J connectivity index is 1.49. The minimum atomic E-state index is -4.64. The van der Waals surface area contributed by atoms with E-state index >= 15 is 0 Å². The average molecular weight is 645 g/mol. The Bertz CT molecular complexity index is 1750. The summed E-state index contributed by atoms with van der Waals surface area (Å²) in [6.45, 7) is 0. The lowest BCUT2D eigenvalue weighted by molar-refractivity contribution is -0.138. The van der Waals surface area contributed by atoms with Crippen LogP contribution >= 0.6 is 35.3 Å². The van der Waals surface area contributed by atoms with E-state index in [9.17, 15) is 35.9 Å². The molecule has 5 aromatic rings. The van der Waals surface area contributed by atoms with E-state index in [1.54, 1.807) is 6.26 Å². The van der Waals surface area contributed by atoms with Crippen molar-refractivity contribution in [2.45, 2.75) is 37.9 Å². The SMILES string of the molecule is CSc1nc(Sc2n[nH]c(=O)n2-c2cccc(C(F)(F)F)c2)cc(Sc2n[nH]c(=O)n2-c2cccc(C(F)(F)F)c2)n1. The molecule has 0 saturated carbocycles. The molecule has 3 aromatic heterocycles. The molecule has 218 valence electrons. The lowest BCUT2D eigenvalue weighted by Gasteiger charge is -2.11. The van der Waals surface area contributed by atoms with Crippen LogP contribution in [-0.4, -0.2) is 45.8 Å². The molecule has 0 spiro atoms. The van der Waals surface area contributed by atoms with Crippen LogP contribution in [0.3, 0.4) is 0 Å². The fraction of sp³-hybridized carbons (Fsp3) is 0.130. The maximum Gasteiger partial charge on any atom is 0.416 e. The number of halogens is 6. The first-order chi connectivity index (χ1) is 19.8. The van der Waals surface area contributed by atoms with Crippen molar-refractivity contribution < 1.29 is 26.3 Å². The van der Waals surface area contributed by atoms with E-state index in [1.165, 1.54) is 18.2 Å². The van der Waals surface area contributed by atoms with E-state index in [2.05, 4.69) is 30.4 Å². The number of benzene rings is 2. The Morgan fingerprint density at radius 2 is 1.12 bits per heavy atom. The van der Waals surface area contributed by atoms with E-state index in [4.69, 9.17) is 0 Å². The van der Waals surface area contributed by atoms with Gasteiger partial charge in [-0.05, 0) is 66.2 Å². The van der Waals surface area contributed by atoms with E-state index in [-0.39, 0.29) is 36.9 Å². The smallest absolute Gasteiger partial charge is 0.246 e. The molecular formula is C23H14F6N8O2S3. The number of hydrogen-bond acceptors (Lipinski definition) is 9. The fourth-order valence-electron chi connectivity index (χ4n) is 3.57. The van der Waals surface area contributed by atoms with Crippen molar-refractivity contribution in [2.75, 3.05) is 6.26 Å². The van der Waals surface area contributed by atoms with E-state index < -0.39 is 34.9 Å². The topological polar surface area (TPSA) is 127 Å². The third kappa shape index (κ3) is 6.26. The summed E-state index contributed by atoms with van der Waals surface area (Å²) in [4.78, 5) is 33.6. The molecule has 0 fully saturated rings. The molecule has 2 aromatic carbocycles. The normalized spacial score (nSPS) is 12.2. The zero-order chi connectivity index (χ0) is 30.2. The average Bonchev–Trinajstić information content (AvgIpc) is 3.48. The minimum Gasteiger partial charge on any atom is -0.246 e. The number of rotatable bonds is 7. The van der Waals surface area contributed by atoms with Crippen molar-refractivity contribution in [1.82, 2.24) is 39.5 Å². The van der Waals surface area contributed by atoms with Crippen molar-refractivity contribution in [1.29, 1.82) is 0 Å². The van der Waals surface area contributed by atoms with Gasteiger partial charge < -0.3 is 0 Å². The first kappa shape index (κ1) is 29.5. The largest absolute Gasteiger partial charge is 0.416 e. The lowest BCUT2D eigenvalue weighted by atomic mass is 10.2. The van der Waals surface area contributed by atoms with Crippen molar-refractivity contribution in [2.24, 2.45) is 0 Å². The van der Waals surface area contributed by atoms with Gasteiger partial charge in [-0.2, -0.15) is 26.3 Å². The molecule has 0 unspecified atom stereocenters. The lowest BCUT2D eigenvalue weighted by Crippen LogP contribution is -2.16. The first-order valence-electron chi connectivity index (χ1n) is 11.3. The van der Waals surface area contributed by atoms with E-state index in [0.29, 0.717) is 0 Å². The fourth-order valence-corrected chi connectivity index (χ4v) is 5.86. The summed E-state index contributed by atoms with van der Waals surface area (Å²) in [5.74, 6) is 0. The van der Waals surface area contributed by atoms with Crippen molar-refractivity contribution >= 4 is 35.3 Å². The van der Waals surface area contributed by atoms with Gasteiger partial charge in [0.2, 0.25) is 10.3 Å². The highest BCUT2D eigenvalue weighted by Crippen LogP contribution is 2.35. The molecule has 10 nitrogen and oxygen atoms in total. The molecule has 5 rings (SSSR count). The molecule has 0 aliphatic rings. The van der Waals surface area contributed by atoms with Crippen LogP contribution in [0.15, 0.2) is 89.7 Å². The van der Waals surface area contributed by atoms with Gasteiger partial charge in [0, 0.05) is 6.07 Å². The highest BCUT2D eigenvalue weighted by atomic mass is 32.2. The van der Waals surface area contributed by atoms with Gasteiger partial charge in [-0.3, -0.25) is 0 Å². The zero-order valence-corrected chi connectivity index (χ0v) is 23.1. The first-order valence-corrected chi connectivity index (χ1v) is 14.2. The number of aromatic amines is 2. The van der Waals surface area contributed by atoms with Crippen LogP contribution in [0.2, 0.25) is 0 Å². The monoisotopic (exact) mass is 644 g/mol. The molecular weight excluding hydrogens is 630 g/mol. The highest BCUT2D eigenvalue weighted by molar-refractivity contribution is 8.00. The Morgan fingerprint density at radius 3 is 1.50 bits per heavy atom. The molecule has 0 bridgehead atoms. The van der Waals surface area contributed by atoms with Crippen LogP contribution in [0.1, 0.15) is 11.1 Å². The number of thioether (sulfide) groups is 1. The molecule has 42 heavy (non-hydrogen) atoms. The van der Waals surface area contributed by atoms with Gasteiger partial charge in [0.1, 0.15) is 10.1 Å². The molecule has 19 heteroatoms. The quantitative estimate of drug-likeness (QED) is 0.105. The number of hydrogen-bond donors (Lipinski definition) is 2. The predicted octanol–water partition coefficient (Wildman–Crippen LogP) is 5.29. The Kier molecular flexibility index (Phi) is 7.99. The number of alkyl halides is 6. The molecule has 3 heterocycles. The third-order valence-corrected chi connectivity index (χ3v) is 7.68. The predicted molar refractivity (Wildman–Crippen MR) is 140 cm³/mol. The van der Waals surface area contributed by atoms with Crippen molar-refractivity contribution in [3.8, 4) is 11.4 Å². The maximum absolute atomic E-state index is 13.3. The van der Waals surface area contributed by atoms with Gasteiger partial charge in [-0.1, -0.05) is 23.9 Å². The summed E-state index contributed by atoms with van der Waals surface area (Å²) in [5, 5.41) is 12.9. The van der Waals surface area contributed by atoms with Crippen LogP contribution in [0.5, 0.6) is 0 Å². The van der Waals surface area contributed by atoms with Gasteiger partial charge in [0.25, 0.3) is 0 Å². The van der Waals surface area contributed by atoms with Crippen LogP contribution in [-0.2, 0) is 12.4 Å². The van der Waals surface area contributed by atoms with Crippen LogP contribution in [0, 0.1) is 0 Å². The number of nitrogens with zero attached hydrogens (tertiary/aromatic N) is 6. The van der Waals surface area contributed by atoms with Gasteiger partial charge in [-0.25, -0.2) is 38.9 Å². The van der Waals surface area contributed by atoms with Crippen molar-refractivity contribution in [3.05, 3.63) is 86.7 Å². The van der Waals surface area contributed by atoms with Gasteiger partial charge in [-0.15, -0.1) is 10.2 Å². The molecule has 0 amide bonds. The number of H-pyrrole nitrogens is 2. The summed E-state index contributed by atoms with van der Waals surface area (Å²) in [5.41, 5.74) is -3.65. The molecule has 0 aliphatic carbocycles. The third-order valence-electron chi connectivity index (χ3n) is 5.38. The van der Waals surface area contributed by atoms with Crippen LogP contribution < -0.4 is 11.4 Å². The van der Waals surface area contributed by atoms with E-state index in [1.807, 2.05) is 0 Å². The number of nitrogens with one attached hydrogen (secondary N) is 2. The second-order valence-corrected chi connectivity index (χ2v) is 10.9. The zero-order valence-electron chi connectivity index (χ0n) is 20.7. The van der Waals surface area contributed by atoms with Crippen LogP contribution in [0.25, 0.3) is 11.4 Å². The second-order valence-electron chi connectivity index (χ2n) is 8.12. The van der Waals surface area contributed by atoms with Crippen molar-refractivity contribution in [3.63, 3.8) is 0 Å². The number of aromatic nitrogens is 8. The Hall–Kier alpha value is -3.97. The summed E-state index contributed by atoms with van der Waals surface area (Å²) in [6.07, 6.45) is -7.59. The van der Waals surface area contributed by atoms with E-state index in [0.717, 1.165) is 80.8 Å². The standard InChI is InChI=1S/C23H14F6N8O2S3/c1-40-17-30-15(41-20-34-32-18(38)36(20)13-6-2-4-11(8-13)22(24,25)26)10-16(31-17)42-21-35-33-19(39)37(21)14-7-3-5-12(9-14)23(27,28)29/h2-10H,1H3,(H,32,38)(H,33,39). The Labute approximate surface area is 243 Å². The summed E-state index contributed by atoms with van der Waals surface area (Å²) in [6, 6.07) is 9.74. The Morgan fingerprint density at radius 1 is 0.690 bits per heavy atom. The summed E-state index contributed by atoms with van der Waals surface area (Å²) < 4.78 is 81.5. The van der Waals surface area contributed by atoms with Gasteiger partial charge in [0.15, 0.2) is 5.16 Å². The molecule has 2 N–H and O–H groups in total. The molecule has 0 saturated heterocycles. The molecule has 0 aliphatic heterocycles. The minimum absolute atomic E-state index is 0.0262. The highest BCUT2D eigenvalue weighted by Gasteiger charge is 2.32. The van der Waals surface area contributed by atoms with Crippen LogP contribution in [0.4, 0.5) is 26.3 Å². The molecule has 0 radical (unpaired) electrons. The summed E-state index contributed by atoms with van der Waals surface area (Å²) >= 11 is 2.84. The summed E-state index contributed by atoms with van der Waals surface area (Å²) in [7, 11) is 0.